The maximum atomic E-state index is 13.8. The molecule has 1 aliphatic heterocycles. The van der Waals surface area contributed by atoms with Crippen molar-refractivity contribution >= 4 is 17.8 Å². The van der Waals surface area contributed by atoms with Gasteiger partial charge in [0, 0.05) is 18.5 Å². The summed E-state index contributed by atoms with van der Waals surface area (Å²) in [5, 5.41) is 0. The number of hydrogen-bond acceptors (Lipinski definition) is 5. The Balaban J connectivity index is 1.63. The van der Waals surface area contributed by atoms with E-state index in [0.29, 0.717) is 11.1 Å². The van der Waals surface area contributed by atoms with Crippen LogP contribution in [0.4, 0.5) is 4.39 Å². The Morgan fingerprint density at radius 2 is 2.00 bits per heavy atom. The Labute approximate surface area is 160 Å². The van der Waals surface area contributed by atoms with Gasteiger partial charge in [0.2, 0.25) is 5.78 Å². The first-order valence-corrected chi connectivity index (χ1v) is 8.48. The Bertz CT molecular complexity index is 1120. The van der Waals surface area contributed by atoms with Crippen LogP contribution in [0.15, 0.2) is 66.7 Å². The molecule has 3 aromatic rings. The van der Waals surface area contributed by atoms with Crippen molar-refractivity contribution in [3.63, 3.8) is 0 Å². The minimum atomic E-state index is -0.826. The van der Waals surface area contributed by atoms with Crippen LogP contribution in [0.2, 0.25) is 0 Å². The van der Waals surface area contributed by atoms with Gasteiger partial charge in [-0.2, -0.15) is 0 Å². The highest BCUT2D eigenvalue weighted by molar-refractivity contribution is 6.15. The highest BCUT2D eigenvalue weighted by Crippen LogP contribution is 2.37. The number of carbonyl (C=O) groups is 2. The van der Waals surface area contributed by atoms with Crippen molar-refractivity contribution in [3.8, 4) is 11.5 Å². The first-order valence-electron chi connectivity index (χ1n) is 8.48. The molecule has 0 fully saturated rings. The molecule has 2 heterocycles. The number of ketones is 1. The quantitative estimate of drug-likeness (QED) is 0.386. The van der Waals surface area contributed by atoms with Crippen molar-refractivity contribution in [2.75, 3.05) is 0 Å². The van der Waals surface area contributed by atoms with E-state index in [1.807, 2.05) is 0 Å². The van der Waals surface area contributed by atoms with Gasteiger partial charge in [0.15, 0.2) is 5.76 Å². The summed E-state index contributed by atoms with van der Waals surface area (Å²) < 4.78 is 24.7. The van der Waals surface area contributed by atoms with Crippen molar-refractivity contribution < 1.29 is 23.5 Å². The van der Waals surface area contributed by atoms with Gasteiger partial charge in [0.05, 0.1) is 11.1 Å². The molecule has 0 aliphatic carbocycles. The van der Waals surface area contributed by atoms with Crippen LogP contribution in [-0.4, -0.2) is 16.7 Å². The minimum Gasteiger partial charge on any atom is -0.452 e. The summed E-state index contributed by atoms with van der Waals surface area (Å²) >= 11 is 0. The highest BCUT2D eigenvalue weighted by atomic mass is 19.1. The second-order valence-corrected chi connectivity index (χ2v) is 6.21. The smallest absolute Gasteiger partial charge is 0.346 e. The molecule has 0 saturated heterocycles. The Hall–Kier alpha value is -3.80. The predicted octanol–water partition coefficient (Wildman–Crippen LogP) is 4.36. The molecule has 6 heteroatoms. The van der Waals surface area contributed by atoms with Gasteiger partial charge in [-0.15, -0.1) is 0 Å². The summed E-state index contributed by atoms with van der Waals surface area (Å²) in [5.74, 6) is -1.14. The molecule has 0 atom stereocenters. The summed E-state index contributed by atoms with van der Waals surface area (Å²) in [7, 11) is 0. The standard InChI is InChI=1S/C22H14FNO4/c1-13-9-15(27-22(26)16-6-2-3-7-17(16)23)11-18-20(13)21(25)19(28-18)10-14-5-4-8-24-12-14/h2-12H,1H3/b19-10-. The first-order chi connectivity index (χ1) is 13.5. The number of carbonyl (C=O) groups excluding carboxylic acids is 2. The van der Waals surface area contributed by atoms with Crippen molar-refractivity contribution in [1.82, 2.24) is 4.98 Å². The number of rotatable bonds is 3. The van der Waals surface area contributed by atoms with Gasteiger partial charge in [-0.3, -0.25) is 9.78 Å². The number of aryl methyl sites for hydroxylation is 1. The molecule has 1 aromatic heterocycles. The first kappa shape index (κ1) is 17.6. The molecule has 0 unspecified atom stereocenters. The lowest BCUT2D eigenvalue weighted by molar-refractivity contribution is 0.0729. The molecule has 1 aliphatic rings. The second kappa shape index (κ2) is 7.08. The molecule has 0 radical (unpaired) electrons. The molecule has 0 amide bonds. The van der Waals surface area contributed by atoms with Gasteiger partial charge in [-0.1, -0.05) is 18.2 Å². The number of Topliss-reactive ketones (excluding diaryl/α,β-unsaturated/α-hetero) is 1. The number of aromatic nitrogens is 1. The number of benzene rings is 2. The van der Waals surface area contributed by atoms with E-state index in [0.717, 1.165) is 5.56 Å². The van der Waals surface area contributed by atoms with E-state index >= 15 is 0 Å². The van der Waals surface area contributed by atoms with E-state index in [1.54, 1.807) is 49.7 Å². The Kier molecular flexibility index (Phi) is 4.45. The predicted molar refractivity (Wildman–Crippen MR) is 99.7 cm³/mol. The van der Waals surface area contributed by atoms with Gasteiger partial charge in [-0.25, -0.2) is 9.18 Å². The van der Waals surface area contributed by atoms with Gasteiger partial charge < -0.3 is 9.47 Å². The molecule has 0 saturated carbocycles. The van der Waals surface area contributed by atoms with Crippen LogP contribution < -0.4 is 9.47 Å². The zero-order chi connectivity index (χ0) is 19.7. The third-order valence-corrected chi connectivity index (χ3v) is 4.23. The topological polar surface area (TPSA) is 65.5 Å². The van der Waals surface area contributed by atoms with Crippen LogP contribution >= 0.6 is 0 Å². The number of nitrogens with zero attached hydrogens (tertiary/aromatic N) is 1. The SMILES string of the molecule is Cc1cc(OC(=O)c2ccccc2F)cc2c1C(=O)/C(=C/c1cccnc1)O2. The van der Waals surface area contributed by atoms with Crippen molar-refractivity contribution in [3.05, 3.63) is 94.8 Å². The number of fused-ring (bicyclic) bond motifs is 1. The maximum absolute atomic E-state index is 13.8. The number of ether oxygens (including phenoxy) is 2. The molecule has 138 valence electrons. The summed E-state index contributed by atoms with van der Waals surface area (Å²) in [5.41, 5.74) is 1.55. The van der Waals surface area contributed by atoms with E-state index in [4.69, 9.17) is 9.47 Å². The van der Waals surface area contributed by atoms with Crippen LogP contribution in [0.1, 0.15) is 31.8 Å². The Morgan fingerprint density at radius 3 is 2.75 bits per heavy atom. The molecular formula is C22H14FNO4. The Morgan fingerprint density at radius 1 is 1.18 bits per heavy atom. The van der Waals surface area contributed by atoms with E-state index in [9.17, 15) is 14.0 Å². The average Bonchev–Trinajstić information content (AvgIpc) is 2.98. The van der Waals surface area contributed by atoms with Crippen LogP contribution in [0.5, 0.6) is 11.5 Å². The van der Waals surface area contributed by atoms with E-state index in [2.05, 4.69) is 4.98 Å². The van der Waals surface area contributed by atoms with Gasteiger partial charge in [0.1, 0.15) is 17.3 Å². The molecule has 4 rings (SSSR count). The third kappa shape index (κ3) is 3.27. The van der Waals surface area contributed by atoms with Crippen molar-refractivity contribution in [2.45, 2.75) is 6.92 Å². The van der Waals surface area contributed by atoms with Crippen molar-refractivity contribution in [2.24, 2.45) is 0 Å². The van der Waals surface area contributed by atoms with Crippen LogP contribution in [0.25, 0.3) is 6.08 Å². The summed E-state index contributed by atoms with van der Waals surface area (Å²) in [4.78, 5) is 28.9. The maximum Gasteiger partial charge on any atom is 0.346 e. The average molecular weight is 375 g/mol. The zero-order valence-corrected chi connectivity index (χ0v) is 14.8. The molecule has 28 heavy (non-hydrogen) atoms. The minimum absolute atomic E-state index is 0.156. The number of esters is 1. The number of hydrogen-bond donors (Lipinski definition) is 0. The zero-order valence-electron chi connectivity index (χ0n) is 14.8. The lowest BCUT2D eigenvalue weighted by atomic mass is 10.0. The van der Waals surface area contributed by atoms with Gasteiger partial charge >= 0.3 is 5.97 Å². The normalized spacial score (nSPS) is 13.9. The largest absolute Gasteiger partial charge is 0.452 e. The summed E-state index contributed by atoms with van der Waals surface area (Å²) in [6.07, 6.45) is 4.84. The lowest BCUT2D eigenvalue weighted by Crippen LogP contribution is -2.10. The fourth-order valence-electron chi connectivity index (χ4n) is 2.94. The molecule has 5 nitrogen and oxygen atoms in total. The third-order valence-electron chi connectivity index (χ3n) is 4.23. The molecule has 2 aromatic carbocycles. The number of pyridine rings is 1. The molecular weight excluding hydrogens is 361 g/mol. The molecule has 0 spiro atoms. The fraction of sp³-hybridized carbons (Fsp3) is 0.0455. The van der Waals surface area contributed by atoms with E-state index < -0.39 is 11.8 Å². The summed E-state index contributed by atoms with van der Waals surface area (Å²) in [6, 6.07) is 12.1. The van der Waals surface area contributed by atoms with Crippen LogP contribution in [-0.2, 0) is 0 Å². The number of allylic oxidation sites excluding steroid dienone is 1. The summed E-state index contributed by atoms with van der Waals surface area (Å²) in [6.45, 7) is 1.72. The molecule has 0 N–H and O–H groups in total. The lowest BCUT2D eigenvalue weighted by Gasteiger charge is -2.08. The van der Waals surface area contributed by atoms with Crippen LogP contribution in [0, 0.1) is 12.7 Å². The van der Waals surface area contributed by atoms with E-state index in [-0.39, 0.29) is 28.6 Å². The fourth-order valence-corrected chi connectivity index (χ4v) is 2.94. The van der Waals surface area contributed by atoms with Gasteiger partial charge in [0.25, 0.3) is 0 Å². The molecule has 0 bridgehead atoms. The van der Waals surface area contributed by atoms with Crippen molar-refractivity contribution in [1.29, 1.82) is 0 Å². The highest BCUT2D eigenvalue weighted by Gasteiger charge is 2.30. The van der Waals surface area contributed by atoms with E-state index in [1.165, 1.54) is 24.3 Å². The number of halogens is 1. The van der Waals surface area contributed by atoms with Crippen LogP contribution in [0.3, 0.4) is 0 Å². The van der Waals surface area contributed by atoms with Gasteiger partial charge in [-0.05, 0) is 48.4 Å². The second-order valence-electron chi connectivity index (χ2n) is 6.21. The monoisotopic (exact) mass is 375 g/mol.